The van der Waals surface area contributed by atoms with Crippen LogP contribution in [-0.4, -0.2) is 96.7 Å². The van der Waals surface area contributed by atoms with Gasteiger partial charge in [0.25, 0.3) is 0 Å². The first-order valence-electron chi connectivity index (χ1n) is 36.9. The lowest BCUT2D eigenvalue weighted by Gasteiger charge is -2.21. The summed E-state index contributed by atoms with van der Waals surface area (Å²) in [4.78, 5) is 72.6. The monoisotopic (exact) mass is 1320 g/mol. The van der Waals surface area contributed by atoms with Crippen molar-refractivity contribution < 1.29 is 80.2 Å². The molecule has 7 atom stereocenters. The predicted octanol–water partition coefficient (Wildman–Crippen LogP) is 20.2. The fourth-order valence-corrected chi connectivity index (χ4v) is 12.2. The normalized spacial score (nSPS) is 14.8. The van der Waals surface area contributed by atoms with E-state index in [1.54, 1.807) is 0 Å². The Morgan fingerprint density at radius 3 is 0.844 bits per heavy atom. The highest BCUT2D eigenvalue weighted by molar-refractivity contribution is 7.47. The Morgan fingerprint density at radius 1 is 0.322 bits per heavy atom. The number of ether oxygens (including phenoxy) is 4. The summed E-state index contributed by atoms with van der Waals surface area (Å²) < 4.78 is 68.3. The van der Waals surface area contributed by atoms with Crippen molar-refractivity contribution in [3.05, 3.63) is 0 Å². The standard InChI is InChI=1S/C71H138O17P2/c1-8-11-12-13-14-15-16-17-18-19-20-25-31-40-47-54-70(75)87-66(58-81-68(73)52-45-38-30-24-22-21-23-28-35-42-49-62(4)5)60-85-89(77,78)83-56-65(72)57-84-90(79,80)86-61-67(59-82-69(74)53-46-39-34-33-37-44-51-64(7)10-3)88-71(76)55-48-41-32-27-26-29-36-43-50-63(6)9-2/h62-67,72H,8-61H2,1-7H3,(H,77,78)(H,79,80)/t63?,64?,65-,66-,67-/m1/s1. The van der Waals surface area contributed by atoms with Crippen molar-refractivity contribution in [3.8, 4) is 0 Å². The number of phosphoric acid groups is 2. The lowest BCUT2D eigenvalue weighted by Crippen LogP contribution is -2.30. The summed E-state index contributed by atoms with van der Waals surface area (Å²) in [7, 11) is -9.90. The maximum Gasteiger partial charge on any atom is 0.472 e. The number of rotatable bonds is 69. The summed E-state index contributed by atoms with van der Waals surface area (Å²) in [6, 6.07) is 0. The van der Waals surface area contributed by atoms with Crippen LogP contribution in [0.2, 0.25) is 0 Å². The molecule has 0 aliphatic heterocycles. The van der Waals surface area contributed by atoms with Crippen LogP contribution in [0.3, 0.4) is 0 Å². The second-order valence-electron chi connectivity index (χ2n) is 26.6. The third-order valence-electron chi connectivity index (χ3n) is 17.1. The van der Waals surface area contributed by atoms with Crippen LogP contribution in [-0.2, 0) is 65.4 Å². The van der Waals surface area contributed by atoms with E-state index in [2.05, 4.69) is 48.5 Å². The van der Waals surface area contributed by atoms with Crippen molar-refractivity contribution in [3.63, 3.8) is 0 Å². The van der Waals surface area contributed by atoms with Gasteiger partial charge in [0.15, 0.2) is 12.2 Å². The molecule has 0 aromatic heterocycles. The Kier molecular flexibility index (Phi) is 60.6. The Morgan fingerprint density at radius 2 is 0.567 bits per heavy atom. The van der Waals surface area contributed by atoms with Crippen LogP contribution in [0.1, 0.15) is 357 Å². The average Bonchev–Trinajstić information content (AvgIpc) is 3.52. The quantitative estimate of drug-likeness (QED) is 0.0222. The lowest BCUT2D eigenvalue weighted by molar-refractivity contribution is -0.161. The molecule has 4 unspecified atom stereocenters. The minimum atomic E-state index is -4.95. The zero-order chi connectivity index (χ0) is 66.6. The first-order chi connectivity index (χ1) is 43.3. The van der Waals surface area contributed by atoms with E-state index < -0.39 is 97.5 Å². The smallest absolute Gasteiger partial charge is 0.462 e. The molecule has 0 aromatic carbocycles. The van der Waals surface area contributed by atoms with E-state index in [0.29, 0.717) is 25.7 Å². The van der Waals surface area contributed by atoms with Gasteiger partial charge in [-0.15, -0.1) is 0 Å². The first kappa shape index (κ1) is 88.1. The van der Waals surface area contributed by atoms with E-state index in [9.17, 15) is 43.2 Å². The lowest BCUT2D eigenvalue weighted by atomic mass is 9.99. The maximum atomic E-state index is 13.0. The Balaban J connectivity index is 5.27. The number of carbonyl (C=O) groups is 4. The number of unbranched alkanes of at least 4 members (excludes halogenated alkanes) is 35. The van der Waals surface area contributed by atoms with E-state index in [0.717, 1.165) is 114 Å². The zero-order valence-electron chi connectivity index (χ0n) is 58.6. The number of aliphatic hydroxyl groups is 1. The highest BCUT2D eigenvalue weighted by atomic mass is 31.2. The van der Waals surface area contributed by atoms with E-state index in [1.165, 1.54) is 161 Å². The number of carbonyl (C=O) groups excluding carboxylic acids is 4. The van der Waals surface area contributed by atoms with Gasteiger partial charge in [0, 0.05) is 25.7 Å². The molecule has 0 aliphatic rings. The SMILES string of the molecule is CCCCCCCCCCCCCCCCCC(=O)O[C@H](COC(=O)CCCCCCCCCCCCC(C)C)COP(=O)(O)OC[C@@H](O)COP(=O)(O)OC[C@@H](COC(=O)CCCCCCCCC(C)CC)OC(=O)CCCCCCCCCCC(C)CC. The predicted molar refractivity (Wildman–Crippen MR) is 363 cm³/mol. The van der Waals surface area contributed by atoms with Crippen LogP contribution in [0.5, 0.6) is 0 Å². The van der Waals surface area contributed by atoms with Gasteiger partial charge in [0.05, 0.1) is 26.4 Å². The van der Waals surface area contributed by atoms with Gasteiger partial charge in [-0.3, -0.25) is 37.3 Å². The molecule has 3 N–H and O–H groups in total. The average molecular weight is 1330 g/mol. The van der Waals surface area contributed by atoms with Gasteiger partial charge in [0.2, 0.25) is 0 Å². The molecular formula is C71H138O17P2. The van der Waals surface area contributed by atoms with Crippen molar-refractivity contribution >= 4 is 39.5 Å². The molecule has 534 valence electrons. The van der Waals surface area contributed by atoms with E-state index in [1.807, 2.05) is 0 Å². The van der Waals surface area contributed by atoms with Crippen molar-refractivity contribution in [2.45, 2.75) is 375 Å². The molecule has 0 aromatic rings. The number of hydrogen-bond acceptors (Lipinski definition) is 15. The number of hydrogen-bond donors (Lipinski definition) is 3. The van der Waals surface area contributed by atoms with Crippen LogP contribution in [0.25, 0.3) is 0 Å². The minimum Gasteiger partial charge on any atom is -0.462 e. The van der Waals surface area contributed by atoms with Gasteiger partial charge in [-0.05, 0) is 43.4 Å². The van der Waals surface area contributed by atoms with Crippen LogP contribution in [0, 0.1) is 17.8 Å². The van der Waals surface area contributed by atoms with Crippen LogP contribution >= 0.6 is 15.6 Å². The molecule has 0 rings (SSSR count). The third-order valence-corrected chi connectivity index (χ3v) is 19.0. The summed E-state index contributed by atoms with van der Waals surface area (Å²) in [5, 5.41) is 10.6. The van der Waals surface area contributed by atoms with Gasteiger partial charge in [-0.25, -0.2) is 9.13 Å². The summed E-state index contributed by atoms with van der Waals surface area (Å²) in [5.74, 6) is 0.133. The largest absolute Gasteiger partial charge is 0.472 e. The molecule has 0 bridgehead atoms. The van der Waals surface area contributed by atoms with Crippen molar-refractivity contribution in [1.29, 1.82) is 0 Å². The zero-order valence-corrected chi connectivity index (χ0v) is 60.4. The van der Waals surface area contributed by atoms with E-state index >= 15 is 0 Å². The van der Waals surface area contributed by atoms with Gasteiger partial charge in [-0.1, -0.05) is 305 Å². The molecule has 0 amide bonds. The van der Waals surface area contributed by atoms with Crippen LogP contribution < -0.4 is 0 Å². The van der Waals surface area contributed by atoms with Gasteiger partial charge >= 0.3 is 39.5 Å². The maximum absolute atomic E-state index is 13.0. The van der Waals surface area contributed by atoms with Crippen LogP contribution in [0.15, 0.2) is 0 Å². The van der Waals surface area contributed by atoms with Crippen molar-refractivity contribution in [2.75, 3.05) is 39.6 Å². The molecule has 90 heavy (non-hydrogen) atoms. The first-order valence-corrected chi connectivity index (χ1v) is 39.9. The minimum absolute atomic E-state index is 0.104. The number of aliphatic hydroxyl groups excluding tert-OH is 1. The summed E-state index contributed by atoms with van der Waals surface area (Å²) in [6.07, 6.45) is 45.7. The molecule has 17 nitrogen and oxygen atoms in total. The Labute approximate surface area is 549 Å². The van der Waals surface area contributed by atoms with E-state index in [4.69, 9.17) is 37.0 Å². The molecule has 0 fully saturated rings. The second kappa shape index (κ2) is 61.9. The second-order valence-corrected chi connectivity index (χ2v) is 29.5. The molecule has 0 saturated carbocycles. The fourth-order valence-electron chi connectivity index (χ4n) is 10.7. The van der Waals surface area contributed by atoms with E-state index in [-0.39, 0.29) is 25.7 Å². The topological polar surface area (TPSA) is 237 Å². The summed E-state index contributed by atoms with van der Waals surface area (Å²) in [5.41, 5.74) is 0. The van der Waals surface area contributed by atoms with Crippen LogP contribution in [0.4, 0.5) is 0 Å². The third kappa shape index (κ3) is 62.2. The molecule has 0 radical (unpaired) electrons. The van der Waals surface area contributed by atoms with Gasteiger partial charge < -0.3 is 33.8 Å². The highest BCUT2D eigenvalue weighted by Crippen LogP contribution is 2.45. The van der Waals surface area contributed by atoms with Gasteiger partial charge in [0.1, 0.15) is 19.3 Å². The van der Waals surface area contributed by atoms with Crippen molar-refractivity contribution in [2.24, 2.45) is 17.8 Å². The van der Waals surface area contributed by atoms with Crippen molar-refractivity contribution in [1.82, 2.24) is 0 Å². The molecule has 0 aliphatic carbocycles. The molecular weight excluding hydrogens is 1190 g/mol. The van der Waals surface area contributed by atoms with Gasteiger partial charge in [-0.2, -0.15) is 0 Å². The number of esters is 4. The number of phosphoric ester groups is 2. The molecule has 0 saturated heterocycles. The summed E-state index contributed by atoms with van der Waals surface area (Å²) >= 11 is 0. The molecule has 19 heteroatoms. The Hall–Kier alpha value is -1.94. The molecule has 0 spiro atoms. The fraction of sp³-hybridized carbons (Fsp3) is 0.944. The Bertz CT molecular complexity index is 1770. The highest BCUT2D eigenvalue weighted by Gasteiger charge is 2.30. The summed E-state index contributed by atoms with van der Waals surface area (Å²) in [6.45, 7) is 11.8. The molecule has 0 heterocycles.